The minimum Gasteiger partial charge on any atom is -0.370 e. The Labute approximate surface area is 109 Å². The van der Waals surface area contributed by atoms with E-state index in [2.05, 4.69) is 21.8 Å². The van der Waals surface area contributed by atoms with Gasteiger partial charge in [-0.3, -0.25) is 9.98 Å². The van der Waals surface area contributed by atoms with Gasteiger partial charge in [-0.1, -0.05) is 13.0 Å². The molecule has 2 N–H and O–H groups in total. The number of guanidine groups is 1. The van der Waals surface area contributed by atoms with Crippen LogP contribution in [0.1, 0.15) is 25.5 Å². The highest BCUT2D eigenvalue weighted by molar-refractivity contribution is 5.78. The molecule has 1 fully saturated rings. The van der Waals surface area contributed by atoms with Crippen molar-refractivity contribution >= 4 is 5.96 Å². The summed E-state index contributed by atoms with van der Waals surface area (Å²) in [6, 6.07) is 5.95. The van der Waals surface area contributed by atoms with Gasteiger partial charge in [0, 0.05) is 37.9 Å². The SMILES string of the molecule is CC1CCN(C(N)=NCCc2ccccn2)CC1. The Kier molecular flexibility index (Phi) is 4.56. The summed E-state index contributed by atoms with van der Waals surface area (Å²) in [5.74, 6) is 1.51. The van der Waals surface area contributed by atoms with E-state index in [4.69, 9.17) is 5.73 Å². The quantitative estimate of drug-likeness (QED) is 0.652. The topological polar surface area (TPSA) is 54.5 Å². The maximum atomic E-state index is 6.01. The van der Waals surface area contributed by atoms with Gasteiger partial charge in [-0.15, -0.1) is 0 Å². The van der Waals surface area contributed by atoms with Gasteiger partial charge in [0.1, 0.15) is 0 Å². The summed E-state index contributed by atoms with van der Waals surface area (Å²) in [4.78, 5) is 10.9. The van der Waals surface area contributed by atoms with Crippen LogP contribution in [0.15, 0.2) is 29.4 Å². The number of hydrogen-bond acceptors (Lipinski definition) is 2. The summed E-state index contributed by atoms with van der Waals surface area (Å²) in [5.41, 5.74) is 7.08. The van der Waals surface area contributed by atoms with Crippen LogP contribution in [-0.2, 0) is 6.42 Å². The fourth-order valence-corrected chi connectivity index (χ4v) is 2.17. The molecule has 1 aliphatic rings. The summed E-state index contributed by atoms with van der Waals surface area (Å²) in [6.07, 6.45) is 5.10. The van der Waals surface area contributed by atoms with E-state index < -0.39 is 0 Å². The molecule has 4 heteroatoms. The van der Waals surface area contributed by atoms with Gasteiger partial charge < -0.3 is 10.6 Å². The van der Waals surface area contributed by atoms with Crippen LogP contribution in [0.4, 0.5) is 0 Å². The van der Waals surface area contributed by atoms with Crippen molar-refractivity contribution in [1.29, 1.82) is 0 Å². The Morgan fingerprint density at radius 1 is 1.44 bits per heavy atom. The van der Waals surface area contributed by atoms with E-state index in [1.165, 1.54) is 12.8 Å². The lowest BCUT2D eigenvalue weighted by atomic mass is 10.00. The van der Waals surface area contributed by atoms with E-state index in [-0.39, 0.29) is 0 Å². The normalized spacial score (nSPS) is 18.1. The maximum absolute atomic E-state index is 6.01. The van der Waals surface area contributed by atoms with Crippen LogP contribution in [0.3, 0.4) is 0 Å². The van der Waals surface area contributed by atoms with Gasteiger partial charge in [0.2, 0.25) is 0 Å². The molecule has 0 saturated carbocycles. The first-order valence-electron chi connectivity index (χ1n) is 6.70. The molecule has 2 heterocycles. The molecule has 0 atom stereocenters. The van der Waals surface area contributed by atoms with Crippen LogP contribution in [0.5, 0.6) is 0 Å². The van der Waals surface area contributed by atoms with Gasteiger partial charge in [-0.2, -0.15) is 0 Å². The van der Waals surface area contributed by atoms with Gasteiger partial charge >= 0.3 is 0 Å². The van der Waals surface area contributed by atoms with Gasteiger partial charge in [-0.25, -0.2) is 0 Å². The zero-order valence-corrected chi connectivity index (χ0v) is 11.0. The first-order valence-corrected chi connectivity index (χ1v) is 6.70. The lowest BCUT2D eigenvalue weighted by molar-refractivity contribution is 0.277. The first-order chi connectivity index (χ1) is 8.75. The molecular formula is C14H22N4. The molecule has 4 nitrogen and oxygen atoms in total. The molecule has 0 aliphatic carbocycles. The smallest absolute Gasteiger partial charge is 0.191 e. The van der Waals surface area contributed by atoms with E-state index in [0.29, 0.717) is 5.96 Å². The monoisotopic (exact) mass is 246 g/mol. The summed E-state index contributed by atoms with van der Waals surface area (Å²) in [7, 11) is 0. The average molecular weight is 246 g/mol. The van der Waals surface area contributed by atoms with Crippen molar-refractivity contribution in [3.8, 4) is 0 Å². The lowest BCUT2D eigenvalue weighted by Crippen LogP contribution is -2.42. The second kappa shape index (κ2) is 6.38. The molecule has 0 spiro atoms. The van der Waals surface area contributed by atoms with Gasteiger partial charge in [0.15, 0.2) is 5.96 Å². The van der Waals surface area contributed by atoms with Crippen molar-refractivity contribution in [3.05, 3.63) is 30.1 Å². The molecule has 0 bridgehead atoms. The zero-order valence-electron chi connectivity index (χ0n) is 11.0. The van der Waals surface area contributed by atoms with Crippen LogP contribution < -0.4 is 5.73 Å². The maximum Gasteiger partial charge on any atom is 0.191 e. The van der Waals surface area contributed by atoms with E-state index >= 15 is 0 Å². The third-order valence-corrected chi connectivity index (χ3v) is 3.48. The Balaban J connectivity index is 1.78. The van der Waals surface area contributed by atoms with Crippen molar-refractivity contribution in [2.45, 2.75) is 26.2 Å². The molecule has 0 radical (unpaired) electrons. The third-order valence-electron chi connectivity index (χ3n) is 3.48. The average Bonchev–Trinajstić information content (AvgIpc) is 2.40. The van der Waals surface area contributed by atoms with Crippen LogP contribution >= 0.6 is 0 Å². The third kappa shape index (κ3) is 3.72. The fraction of sp³-hybridized carbons (Fsp3) is 0.571. The molecule has 1 saturated heterocycles. The predicted octanol–water partition coefficient (Wildman–Crippen LogP) is 1.67. The van der Waals surface area contributed by atoms with Crippen LogP contribution in [0.25, 0.3) is 0 Å². The standard InChI is InChI=1S/C14H22N4/c1-12-6-10-18(11-7-12)14(15)17-9-5-13-4-2-3-8-16-13/h2-4,8,12H,5-7,9-11H2,1H3,(H2,15,17). The van der Waals surface area contributed by atoms with Gasteiger partial charge in [-0.05, 0) is 30.9 Å². The van der Waals surface area contributed by atoms with E-state index in [9.17, 15) is 0 Å². The van der Waals surface area contributed by atoms with Crippen molar-refractivity contribution in [3.63, 3.8) is 0 Å². The highest BCUT2D eigenvalue weighted by atomic mass is 15.3. The van der Waals surface area contributed by atoms with E-state index in [0.717, 1.165) is 37.7 Å². The molecule has 0 unspecified atom stereocenters. The van der Waals surface area contributed by atoms with Crippen molar-refractivity contribution < 1.29 is 0 Å². The van der Waals surface area contributed by atoms with Crippen molar-refractivity contribution in [2.75, 3.05) is 19.6 Å². The fourth-order valence-electron chi connectivity index (χ4n) is 2.17. The molecule has 1 aliphatic heterocycles. The van der Waals surface area contributed by atoms with Crippen LogP contribution in [0, 0.1) is 5.92 Å². The van der Waals surface area contributed by atoms with E-state index in [1.807, 2.05) is 24.4 Å². The molecule has 18 heavy (non-hydrogen) atoms. The highest BCUT2D eigenvalue weighted by Crippen LogP contribution is 2.15. The summed E-state index contributed by atoms with van der Waals surface area (Å²) in [5, 5.41) is 0. The Hall–Kier alpha value is -1.58. The zero-order chi connectivity index (χ0) is 12.8. The largest absolute Gasteiger partial charge is 0.370 e. The second-order valence-electron chi connectivity index (χ2n) is 4.98. The molecule has 0 aromatic carbocycles. The highest BCUT2D eigenvalue weighted by Gasteiger charge is 2.16. The molecule has 0 amide bonds. The molecular weight excluding hydrogens is 224 g/mol. The number of aliphatic imine (C=N–C) groups is 1. The first kappa shape index (κ1) is 12.9. The second-order valence-corrected chi connectivity index (χ2v) is 4.98. The number of nitrogens with two attached hydrogens (primary N) is 1. The molecule has 98 valence electrons. The number of pyridine rings is 1. The van der Waals surface area contributed by atoms with Gasteiger partial charge in [0.05, 0.1) is 0 Å². The minimum atomic E-state index is 0.692. The molecule has 1 aromatic heterocycles. The number of likely N-dealkylation sites (tertiary alicyclic amines) is 1. The lowest BCUT2D eigenvalue weighted by Gasteiger charge is -2.31. The van der Waals surface area contributed by atoms with Crippen LogP contribution in [-0.4, -0.2) is 35.5 Å². The minimum absolute atomic E-state index is 0.692. The summed E-state index contributed by atoms with van der Waals surface area (Å²) < 4.78 is 0. The predicted molar refractivity (Wildman–Crippen MR) is 74.4 cm³/mol. The molecule has 1 aromatic rings. The summed E-state index contributed by atoms with van der Waals surface area (Å²) in [6.45, 7) is 5.10. The van der Waals surface area contributed by atoms with E-state index in [1.54, 1.807) is 0 Å². The molecule has 2 rings (SSSR count). The Bertz CT molecular complexity index is 380. The number of nitrogens with zero attached hydrogens (tertiary/aromatic N) is 3. The van der Waals surface area contributed by atoms with Gasteiger partial charge in [0.25, 0.3) is 0 Å². The van der Waals surface area contributed by atoms with Crippen molar-refractivity contribution in [2.24, 2.45) is 16.6 Å². The van der Waals surface area contributed by atoms with Crippen LogP contribution in [0.2, 0.25) is 0 Å². The Morgan fingerprint density at radius 2 is 2.22 bits per heavy atom. The summed E-state index contributed by atoms with van der Waals surface area (Å²) >= 11 is 0. The Morgan fingerprint density at radius 3 is 2.89 bits per heavy atom. The number of hydrogen-bond donors (Lipinski definition) is 1. The number of rotatable bonds is 3. The number of aromatic nitrogens is 1. The number of piperidine rings is 1. The van der Waals surface area contributed by atoms with Crippen molar-refractivity contribution in [1.82, 2.24) is 9.88 Å².